The van der Waals surface area contributed by atoms with Gasteiger partial charge >= 0.3 is 12.4 Å². The maximum absolute atomic E-state index is 13.4. The summed E-state index contributed by atoms with van der Waals surface area (Å²) in [5, 5.41) is 9.78. The standard InChI is InChI=1S/C23H23F6NO3/c1-14(2)20(31)30-13-18(33-17-6-4-3-5-7-17)10-8-15-12-16(9-11-19(15)30)21(32,22(24,25)26)23(27,28)29/h3-7,9,11-12,14,18,32H,8,10,13H2,1-2H3. The molecule has 2 aromatic rings. The molecule has 1 aliphatic heterocycles. The highest BCUT2D eigenvalue weighted by Gasteiger charge is 2.71. The molecule has 3 rings (SSSR count). The van der Waals surface area contributed by atoms with Crippen LogP contribution in [-0.2, 0) is 16.8 Å². The Morgan fingerprint density at radius 3 is 2.18 bits per heavy atom. The molecule has 1 atom stereocenters. The van der Waals surface area contributed by atoms with Crippen LogP contribution in [-0.4, -0.2) is 36.0 Å². The zero-order chi connectivity index (χ0) is 24.6. The van der Waals surface area contributed by atoms with Crippen molar-refractivity contribution in [1.82, 2.24) is 0 Å². The lowest BCUT2D eigenvalue weighted by atomic mass is 9.89. The van der Waals surface area contributed by atoms with Gasteiger partial charge in [0.1, 0.15) is 11.9 Å². The molecule has 1 heterocycles. The van der Waals surface area contributed by atoms with Gasteiger partial charge in [0.2, 0.25) is 5.91 Å². The van der Waals surface area contributed by atoms with Crippen LogP contribution in [0.25, 0.3) is 0 Å². The van der Waals surface area contributed by atoms with Gasteiger partial charge < -0.3 is 14.7 Å². The summed E-state index contributed by atoms with van der Waals surface area (Å²) in [7, 11) is 0. The summed E-state index contributed by atoms with van der Waals surface area (Å²) >= 11 is 0. The van der Waals surface area contributed by atoms with Gasteiger partial charge in [-0.25, -0.2) is 0 Å². The fourth-order valence-electron chi connectivity index (χ4n) is 3.78. The average Bonchev–Trinajstić information content (AvgIpc) is 2.90. The number of fused-ring (bicyclic) bond motifs is 1. The normalized spacial score (nSPS) is 17.5. The fraction of sp³-hybridized carbons (Fsp3) is 0.435. The Bertz CT molecular complexity index is 974. The molecule has 0 fully saturated rings. The molecule has 0 aliphatic carbocycles. The van der Waals surface area contributed by atoms with Crippen LogP contribution < -0.4 is 9.64 Å². The number of aliphatic hydroxyl groups is 1. The second kappa shape index (κ2) is 8.89. The lowest BCUT2D eigenvalue weighted by molar-refractivity contribution is -0.376. The first-order valence-corrected chi connectivity index (χ1v) is 10.3. The van der Waals surface area contributed by atoms with Crippen molar-refractivity contribution in [3.05, 3.63) is 59.7 Å². The molecule has 1 aliphatic rings. The molecule has 2 aromatic carbocycles. The van der Waals surface area contributed by atoms with E-state index in [1.807, 2.05) is 0 Å². The molecule has 0 aromatic heterocycles. The molecule has 0 saturated heterocycles. The topological polar surface area (TPSA) is 49.8 Å². The van der Waals surface area contributed by atoms with Gasteiger partial charge in [-0.05, 0) is 36.6 Å². The van der Waals surface area contributed by atoms with Gasteiger partial charge in [0, 0.05) is 17.2 Å². The lowest BCUT2D eigenvalue weighted by Crippen LogP contribution is -2.54. The third-order valence-corrected chi connectivity index (χ3v) is 5.54. The number of rotatable bonds is 4. The molecule has 10 heteroatoms. The highest BCUT2D eigenvalue weighted by molar-refractivity contribution is 5.95. The summed E-state index contributed by atoms with van der Waals surface area (Å²) in [4.78, 5) is 14.2. The number of hydrogen-bond acceptors (Lipinski definition) is 3. The van der Waals surface area contributed by atoms with E-state index in [2.05, 4.69) is 0 Å². The van der Waals surface area contributed by atoms with Crippen LogP contribution in [0.5, 0.6) is 5.75 Å². The number of carbonyl (C=O) groups is 1. The Morgan fingerprint density at radius 2 is 1.64 bits per heavy atom. The van der Waals surface area contributed by atoms with Gasteiger partial charge in [0.05, 0.1) is 6.54 Å². The first-order valence-electron chi connectivity index (χ1n) is 10.3. The number of alkyl halides is 6. The third-order valence-electron chi connectivity index (χ3n) is 5.54. The summed E-state index contributed by atoms with van der Waals surface area (Å²) < 4.78 is 86.1. The number of anilines is 1. The number of amides is 1. The smallest absolute Gasteiger partial charge is 0.430 e. The van der Waals surface area contributed by atoms with Crippen LogP contribution in [0.2, 0.25) is 0 Å². The van der Waals surface area contributed by atoms with Crippen molar-refractivity contribution in [3.8, 4) is 5.75 Å². The number of carbonyl (C=O) groups excluding carboxylic acids is 1. The predicted molar refractivity (Wildman–Crippen MR) is 109 cm³/mol. The van der Waals surface area contributed by atoms with Crippen LogP contribution in [0, 0.1) is 5.92 Å². The van der Waals surface area contributed by atoms with E-state index in [9.17, 15) is 36.2 Å². The molecular formula is C23H23F6NO3. The minimum Gasteiger partial charge on any atom is -0.489 e. The number of benzene rings is 2. The largest absolute Gasteiger partial charge is 0.489 e. The zero-order valence-electron chi connectivity index (χ0n) is 17.9. The lowest BCUT2D eigenvalue weighted by Gasteiger charge is -2.33. The molecule has 1 amide bonds. The molecule has 1 unspecified atom stereocenters. The quantitative estimate of drug-likeness (QED) is 0.604. The second-order valence-electron chi connectivity index (χ2n) is 8.24. The van der Waals surface area contributed by atoms with Gasteiger partial charge in [0.25, 0.3) is 5.60 Å². The van der Waals surface area contributed by atoms with Crippen LogP contribution >= 0.6 is 0 Å². The highest BCUT2D eigenvalue weighted by Crippen LogP contribution is 2.50. The van der Waals surface area contributed by atoms with Gasteiger partial charge in [-0.2, -0.15) is 26.3 Å². The SMILES string of the molecule is CC(C)C(=O)N1CC(Oc2ccccc2)CCc2cc(C(O)(C(F)(F)F)C(F)(F)F)ccc21. The van der Waals surface area contributed by atoms with Gasteiger partial charge in [-0.15, -0.1) is 0 Å². The van der Waals surface area contributed by atoms with Crippen molar-refractivity contribution in [2.24, 2.45) is 5.92 Å². The molecule has 4 nitrogen and oxygen atoms in total. The average molecular weight is 475 g/mol. The monoisotopic (exact) mass is 475 g/mol. The molecule has 0 spiro atoms. The Balaban J connectivity index is 2.05. The zero-order valence-corrected chi connectivity index (χ0v) is 17.9. The number of nitrogens with zero attached hydrogens (tertiary/aromatic N) is 1. The minimum atomic E-state index is -5.99. The van der Waals surface area contributed by atoms with E-state index in [4.69, 9.17) is 4.74 Å². The van der Waals surface area contributed by atoms with Gasteiger partial charge in [-0.1, -0.05) is 44.2 Å². The Labute approximate surface area is 186 Å². The summed E-state index contributed by atoms with van der Waals surface area (Å²) in [6.45, 7) is 3.35. The molecule has 1 N–H and O–H groups in total. The number of ether oxygens (including phenoxy) is 1. The number of halogens is 6. The van der Waals surface area contributed by atoms with Crippen molar-refractivity contribution in [1.29, 1.82) is 0 Å². The van der Waals surface area contributed by atoms with Gasteiger partial charge in [0.15, 0.2) is 0 Å². The first kappa shape index (κ1) is 24.9. The van der Waals surface area contributed by atoms with E-state index in [0.717, 1.165) is 6.07 Å². The van der Waals surface area contributed by atoms with E-state index in [1.54, 1.807) is 44.2 Å². The second-order valence-corrected chi connectivity index (χ2v) is 8.24. The van der Waals surface area contributed by atoms with Crippen LogP contribution in [0.1, 0.15) is 31.4 Å². The molecule has 33 heavy (non-hydrogen) atoms. The van der Waals surface area contributed by atoms with Crippen LogP contribution in [0.3, 0.4) is 0 Å². The summed E-state index contributed by atoms with van der Waals surface area (Å²) in [6, 6.07) is 11.0. The van der Waals surface area contributed by atoms with Crippen LogP contribution in [0.4, 0.5) is 32.0 Å². The number of para-hydroxylation sites is 1. The van der Waals surface area contributed by atoms with Crippen LogP contribution in [0.15, 0.2) is 48.5 Å². The van der Waals surface area contributed by atoms with E-state index in [-0.39, 0.29) is 36.5 Å². The third kappa shape index (κ3) is 4.80. The molecular weight excluding hydrogens is 452 g/mol. The van der Waals surface area contributed by atoms with Crippen molar-refractivity contribution in [2.75, 3.05) is 11.4 Å². The van der Waals surface area contributed by atoms with E-state index < -0.39 is 35.5 Å². The summed E-state index contributed by atoms with van der Waals surface area (Å²) in [5.74, 6) is -0.306. The first-order chi connectivity index (χ1) is 15.3. The maximum Gasteiger partial charge on any atom is 0.430 e. The summed E-state index contributed by atoms with van der Waals surface area (Å²) in [5.41, 5.74) is -6.09. The van der Waals surface area contributed by atoms with Gasteiger partial charge in [-0.3, -0.25) is 4.79 Å². The highest BCUT2D eigenvalue weighted by atomic mass is 19.4. The molecule has 180 valence electrons. The molecule has 0 bridgehead atoms. The van der Waals surface area contributed by atoms with E-state index in [0.29, 0.717) is 17.9 Å². The number of hydrogen-bond donors (Lipinski definition) is 1. The van der Waals surface area contributed by atoms with Crippen molar-refractivity contribution >= 4 is 11.6 Å². The van der Waals surface area contributed by atoms with Crippen molar-refractivity contribution in [3.63, 3.8) is 0 Å². The molecule has 0 radical (unpaired) electrons. The maximum atomic E-state index is 13.4. The minimum absolute atomic E-state index is 0.0499. The van der Waals surface area contributed by atoms with E-state index in [1.165, 1.54) is 4.90 Å². The summed E-state index contributed by atoms with van der Waals surface area (Å²) in [6.07, 6.45) is -12.2. The number of aryl methyl sites for hydroxylation is 1. The van der Waals surface area contributed by atoms with E-state index >= 15 is 0 Å². The Kier molecular flexibility index (Phi) is 6.70. The molecule has 0 saturated carbocycles. The fourth-order valence-corrected chi connectivity index (χ4v) is 3.78. The predicted octanol–water partition coefficient (Wildman–Crippen LogP) is 5.38. The van der Waals surface area contributed by atoms with Crippen molar-refractivity contribution in [2.45, 2.75) is 50.7 Å². The Morgan fingerprint density at radius 1 is 1.03 bits per heavy atom. The van der Waals surface area contributed by atoms with Crippen molar-refractivity contribution < 1.29 is 41.0 Å². The Hall–Kier alpha value is -2.75.